The summed E-state index contributed by atoms with van der Waals surface area (Å²) in [6.07, 6.45) is 2.02. The standard InChI is InChI=1S/C21H20ClN5/c1-13(2)27-8-7-16-17(9-23)20(26)21(11-24,12-25)19(18(16)10-27)14-3-5-15(22)6-4-14/h3-7,13,18-19H,8,10,26H2,1-2H3/t18-,19-/m0/s1. The Balaban J connectivity index is 2.29. The van der Waals surface area contributed by atoms with Crippen molar-refractivity contribution in [3.63, 3.8) is 0 Å². The molecule has 0 fully saturated rings. The summed E-state index contributed by atoms with van der Waals surface area (Å²) in [5.74, 6) is -0.654. The summed E-state index contributed by atoms with van der Waals surface area (Å²) in [5.41, 5.74) is 6.67. The Hall–Kier alpha value is -2.78. The fraction of sp³-hybridized carbons (Fsp3) is 0.381. The molecular formula is C21H20ClN5. The normalized spacial score (nSPS) is 24.4. The minimum atomic E-state index is -1.60. The highest BCUT2D eigenvalue weighted by atomic mass is 35.5. The molecule has 0 aromatic heterocycles. The van der Waals surface area contributed by atoms with Gasteiger partial charge in [-0.3, -0.25) is 4.90 Å². The largest absolute Gasteiger partial charge is 0.399 e. The number of hydrogen-bond donors (Lipinski definition) is 1. The van der Waals surface area contributed by atoms with Crippen LogP contribution in [0.2, 0.25) is 5.02 Å². The molecular weight excluding hydrogens is 358 g/mol. The summed E-state index contributed by atoms with van der Waals surface area (Å²) in [5, 5.41) is 30.3. The molecule has 1 aliphatic carbocycles. The molecule has 1 heterocycles. The van der Waals surface area contributed by atoms with Crippen LogP contribution >= 0.6 is 11.6 Å². The van der Waals surface area contributed by atoms with E-state index in [4.69, 9.17) is 17.3 Å². The lowest BCUT2D eigenvalue weighted by Gasteiger charge is -2.46. The lowest BCUT2D eigenvalue weighted by Crippen LogP contribution is -2.49. The van der Waals surface area contributed by atoms with Gasteiger partial charge in [0, 0.05) is 36.0 Å². The predicted molar refractivity (Wildman–Crippen MR) is 103 cm³/mol. The van der Waals surface area contributed by atoms with E-state index in [1.165, 1.54) is 0 Å². The first-order valence-corrected chi connectivity index (χ1v) is 9.20. The molecule has 0 saturated heterocycles. The summed E-state index contributed by atoms with van der Waals surface area (Å²) in [6, 6.07) is 13.9. The van der Waals surface area contributed by atoms with E-state index in [-0.39, 0.29) is 17.2 Å². The number of nitriles is 3. The number of fused-ring (bicyclic) bond motifs is 1. The van der Waals surface area contributed by atoms with Crippen LogP contribution in [-0.2, 0) is 0 Å². The third kappa shape index (κ3) is 2.88. The van der Waals surface area contributed by atoms with Crippen molar-refractivity contribution in [2.45, 2.75) is 25.8 Å². The molecule has 5 nitrogen and oxygen atoms in total. The maximum absolute atomic E-state index is 10.0. The van der Waals surface area contributed by atoms with Crippen LogP contribution in [0.5, 0.6) is 0 Å². The molecule has 0 unspecified atom stereocenters. The number of allylic oxidation sites excluding steroid dienone is 2. The summed E-state index contributed by atoms with van der Waals surface area (Å²) in [4.78, 5) is 2.27. The van der Waals surface area contributed by atoms with Gasteiger partial charge in [-0.25, -0.2) is 0 Å². The van der Waals surface area contributed by atoms with Gasteiger partial charge in [-0.15, -0.1) is 0 Å². The van der Waals surface area contributed by atoms with Crippen LogP contribution < -0.4 is 5.73 Å². The number of hydrogen-bond acceptors (Lipinski definition) is 5. The summed E-state index contributed by atoms with van der Waals surface area (Å²) >= 11 is 6.04. The van der Waals surface area contributed by atoms with E-state index in [0.717, 1.165) is 11.1 Å². The summed E-state index contributed by atoms with van der Waals surface area (Å²) < 4.78 is 0. The van der Waals surface area contributed by atoms with Gasteiger partial charge in [-0.1, -0.05) is 29.8 Å². The molecule has 0 saturated carbocycles. The third-order valence-electron chi connectivity index (χ3n) is 5.65. The van der Waals surface area contributed by atoms with Crippen LogP contribution in [0.1, 0.15) is 25.3 Å². The van der Waals surface area contributed by atoms with Crippen LogP contribution in [0.3, 0.4) is 0 Å². The second-order valence-corrected chi connectivity index (χ2v) is 7.71. The van der Waals surface area contributed by atoms with Gasteiger partial charge in [0.2, 0.25) is 0 Å². The Labute approximate surface area is 164 Å². The van der Waals surface area contributed by atoms with E-state index in [9.17, 15) is 15.8 Å². The molecule has 0 spiro atoms. The SMILES string of the molecule is CC(C)N1CC=C2C(C#N)=C(N)C(C#N)(C#N)[C@@H](c3ccc(Cl)cc3)[C@H]2C1. The van der Waals surface area contributed by atoms with Crippen LogP contribution in [0.4, 0.5) is 0 Å². The highest BCUT2D eigenvalue weighted by molar-refractivity contribution is 6.30. The Morgan fingerprint density at radius 1 is 1.19 bits per heavy atom. The van der Waals surface area contributed by atoms with Crippen molar-refractivity contribution in [3.8, 4) is 18.2 Å². The van der Waals surface area contributed by atoms with Gasteiger partial charge in [0.25, 0.3) is 0 Å². The van der Waals surface area contributed by atoms with E-state index in [1.807, 2.05) is 18.2 Å². The zero-order valence-corrected chi connectivity index (χ0v) is 16.0. The predicted octanol–water partition coefficient (Wildman–Crippen LogP) is 3.47. The van der Waals surface area contributed by atoms with Crippen molar-refractivity contribution >= 4 is 11.6 Å². The highest BCUT2D eigenvalue weighted by Crippen LogP contribution is 2.54. The van der Waals surface area contributed by atoms with Gasteiger partial charge in [0.05, 0.1) is 23.4 Å². The van der Waals surface area contributed by atoms with Gasteiger partial charge in [-0.2, -0.15) is 15.8 Å². The quantitative estimate of drug-likeness (QED) is 0.850. The fourth-order valence-corrected chi connectivity index (χ4v) is 4.30. The Kier molecular flexibility index (Phi) is 4.99. The molecule has 27 heavy (non-hydrogen) atoms. The van der Waals surface area contributed by atoms with Crippen LogP contribution in [-0.4, -0.2) is 24.0 Å². The van der Waals surface area contributed by atoms with Crippen LogP contribution in [0.25, 0.3) is 0 Å². The number of nitrogens with two attached hydrogens (primary N) is 1. The highest BCUT2D eigenvalue weighted by Gasteiger charge is 2.54. The molecule has 2 N–H and O–H groups in total. The first-order chi connectivity index (χ1) is 12.9. The average molecular weight is 378 g/mol. The van der Waals surface area contributed by atoms with Gasteiger partial charge in [-0.05, 0) is 37.1 Å². The molecule has 0 amide bonds. The Morgan fingerprint density at radius 3 is 2.33 bits per heavy atom. The van der Waals surface area contributed by atoms with E-state index >= 15 is 0 Å². The molecule has 1 aromatic rings. The van der Waals surface area contributed by atoms with E-state index in [0.29, 0.717) is 24.2 Å². The van der Waals surface area contributed by atoms with Crippen molar-refractivity contribution in [3.05, 3.63) is 57.8 Å². The third-order valence-corrected chi connectivity index (χ3v) is 5.90. The molecule has 0 radical (unpaired) electrons. The lowest BCUT2D eigenvalue weighted by atomic mass is 9.58. The summed E-state index contributed by atoms with van der Waals surface area (Å²) in [7, 11) is 0. The van der Waals surface area contributed by atoms with Crippen molar-refractivity contribution in [1.82, 2.24) is 4.90 Å². The monoisotopic (exact) mass is 377 g/mol. The average Bonchev–Trinajstić information content (AvgIpc) is 2.67. The first-order valence-electron chi connectivity index (χ1n) is 8.82. The molecule has 0 bridgehead atoms. The van der Waals surface area contributed by atoms with Gasteiger partial charge in [0.15, 0.2) is 5.41 Å². The second-order valence-electron chi connectivity index (χ2n) is 7.27. The van der Waals surface area contributed by atoms with Crippen molar-refractivity contribution in [1.29, 1.82) is 15.8 Å². The van der Waals surface area contributed by atoms with E-state index < -0.39 is 11.3 Å². The number of benzene rings is 1. The fourth-order valence-electron chi connectivity index (χ4n) is 4.17. The first kappa shape index (κ1) is 19.0. The van der Waals surface area contributed by atoms with E-state index in [1.54, 1.807) is 12.1 Å². The zero-order chi connectivity index (χ0) is 19.8. The maximum Gasteiger partial charge on any atom is 0.191 e. The maximum atomic E-state index is 10.0. The second kappa shape index (κ2) is 7.09. The van der Waals surface area contributed by atoms with Crippen LogP contribution in [0.15, 0.2) is 47.2 Å². The molecule has 1 aliphatic heterocycles. The van der Waals surface area contributed by atoms with Gasteiger partial charge >= 0.3 is 0 Å². The topological polar surface area (TPSA) is 101 Å². The van der Waals surface area contributed by atoms with Crippen molar-refractivity contribution < 1.29 is 0 Å². The molecule has 3 rings (SSSR count). The molecule has 2 aliphatic rings. The molecule has 6 heteroatoms. The Morgan fingerprint density at radius 2 is 1.81 bits per heavy atom. The number of rotatable bonds is 2. The minimum absolute atomic E-state index is 0.0513. The molecule has 2 atom stereocenters. The number of halogens is 1. The zero-order valence-electron chi connectivity index (χ0n) is 15.3. The van der Waals surface area contributed by atoms with Gasteiger partial charge < -0.3 is 5.73 Å². The smallest absolute Gasteiger partial charge is 0.191 e. The molecule has 136 valence electrons. The Bertz CT molecular complexity index is 923. The molecule has 1 aromatic carbocycles. The van der Waals surface area contributed by atoms with Gasteiger partial charge in [0.1, 0.15) is 6.07 Å². The van der Waals surface area contributed by atoms with Crippen molar-refractivity contribution in [2.75, 3.05) is 13.1 Å². The van der Waals surface area contributed by atoms with Crippen LogP contribution in [0, 0.1) is 45.3 Å². The minimum Gasteiger partial charge on any atom is -0.399 e. The lowest BCUT2D eigenvalue weighted by molar-refractivity contribution is 0.174. The van der Waals surface area contributed by atoms with E-state index in [2.05, 4.69) is 37.0 Å². The summed E-state index contributed by atoms with van der Waals surface area (Å²) in [6.45, 7) is 5.58. The number of nitrogens with zero attached hydrogens (tertiary/aromatic N) is 4. The van der Waals surface area contributed by atoms with Crippen molar-refractivity contribution in [2.24, 2.45) is 17.1 Å².